The van der Waals surface area contributed by atoms with Crippen molar-refractivity contribution in [3.63, 3.8) is 0 Å². The summed E-state index contributed by atoms with van der Waals surface area (Å²) in [7, 11) is 0. The lowest BCUT2D eigenvalue weighted by atomic mass is 10.4. The van der Waals surface area contributed by atoms with Crippen molar-refractivity contribution in [3.8, 4) is 0 Å². The minimum atomic E-state index is 1.02. The van der Waals surface area contributed by atoms with E-state index in [1.807, 2.05) is 76.2 Å². The summed E-state index contributed by atoms with van der Waals surface area (Å²) in [5.41, 5.74) is 1.02. The average molecular weight is 218 g/mol. The quantitative estimate of drug-likeness (QED) is 0.421. The van der Waals surface area contributed by atoms with Gasteiger partial charge in [-0.25, -0.2) is 0 Å². The van der Waals surface area contributed by atoms with E-state index in [1.54, 1.807) is 6.08 Å². The minimum Gasteiger partial charge on any atom is -0.0988 e. The van der Waals surface area contributed by atoms with Crippen molar-refractivity contribution in [2.45, 2.75) is 76.2 Å². The first-order chi connectivity index (χ1) is 7.27. The van der Waals surface area contributed by atoms with E-state index < -0.39 is 0 Å². The molecule has 0 unspecified atom stereocenters. The first-order valence-electron chi connectivity index (χ1n) is 6.55. The first kappa shape index (κ1) is 36.6. The van der Waals surface area contributed by atoms with Gasteiger partial charge in [0.1, 0.15) is 0 Å². The SMILES string of the molecule is C=CC(=C)C.CC.CC.CC.CC.CC. The summed E-state index contributed by atoms with van der Waals surface area (Å²) in [5, 5.41) is 0. The number of allylic oxidation sites excluding steroid dienone is 2. The molecule has 0 aliphatic heterocycles. The second kappa shape index (κ2) is 173. The molecule has 0 nitrogen and oxygen atoms in total. The van der Waals surface area contributed by atoms with Crippen molar-refractivity contribution in [3.05, 3.63) is 24.8 Å². The fraction of sp³-hybridized carbons (Fsp3) is 0.733. The summed E-state index contributed by atoms with van der Waals surface area (Å²) in [4.78, 5) is 0. The highest BCUT2D eigenvalue weighted by Gasteiger charge is 1.59. The zero-order valence-electron chi connectivity index (χ0n) is 13.5. The summed E-state index contributed by atoms with van der Waals surface area (Å²) < 4.78 is 0. The molecule has 0 spiro atoms. The van der Waals surface area contributed by atoms with Crippen LogP contribution in [0.3, 0.4) is 0 Å². The molecule has 98 valence electrons. The molecule has 0 radical (unpaired) electrons. The van der Waals surface area contributed by atoms with Gasteiger partial charge in [0, 0.05) is 0 Å². The molecule has 0 saturated carbocycles. The summed E-state index contributed by atoms with van der Waals surface area (Å²) in [6.45, 7) is 28.9. The highest BCUT2D eigenvalue weighted by Crippen LogP contribution is 1.81. The number of rotatable bonds is 1. The van der Waals surface area contributed by atoms with Crippen molar-refractivity contribution < 1.29 is 0 Å². The van der Waals surface area contributed by atoms with Crippen LogP contribution in [0.5, 0.6) is 0 Å². The van der Waals surface area contributed by atoms with Crippen molar-refractivity contribution in [1.29, 1.82) is 0 Å². The first-order valence-corrected chi connectivity index (χ1v) is 6.55. The molecule has 0 saturated heterocycles. The molecule has 0 aromatic carbocycles. The van der Waals surface area contributed by atoms with Crippen LogP contribution in [0, 0.1) is 0 Å². The summed E-state index contributed by atoms with van der Waals surface area (Å²) in [6.07, 6.45) is 1.72. The molecular formula is C15H38. The second-order valence-electron chi connectivity index (χ2n) is 1.05. The zero-order chi connectivity index (χ0) is 14.3. The summed E-state index contributed by atoms with van der Waals surface area (Å²) in [6, 6.07) is 0. The lowest BCUT2D eigenvalue weighted by Crippen LogP contribution is -1.50. The Morgan fingerprint density at radius 3 is 0.733 bits per heavy atom. The molecular weight excluding hydrogens is 180 g/mol. The Morgan fingerprint density at radius 1 is 0.667 bits per heavy atom. The van der Waals surface area contributed by atoms with Crippen LogP contribution >= 0.6 is 0 Å². The topological polar surface area (TPSA) is 0 Å². The van der Waals surface area contributed by atoms with E-state index in [4.69, 9.17) is 0 Å². The standard InChI is InChI=1S/C5H8.5C2H6/c1-4-5(2)3;5*1-2/h4H,1-2H2,3H3;5*1-2H3. The zero-order valence-corrected chi connectivity index (χ0v) is 13.5. The van der Waals surface area contributed by atoms with Gasteiger partial charge in [-0.15, -0.1) is 0 Å². The van der Waals surface area contributed by atoms with Gasteiger partial charge in [0.25, 0.3) is 0 Å². The third-order valence-electron chi connectivity index (χ3n) is 0.348. The van der Waals surface area contributed by atoms with E-state index in [1.165, 1.54) is 0 Å². The molecule has 0 rings (SSSR count). The highest BCUT2D eigenvalue weighted by molar-refractivity contribution is 5.05. The third-order valence-corrected chi connectivity index (χ3v) is 0.348. The van der Waals surface area contributed by atoms with Crippen LogP contribution in [0.4, 0.5) is 0 Å². The van der Waals surface area contributed by atoms with Gasteiger partial charge in [-0.2, -0.15) is 0 Å². The molecule has 0 heteroatoms. The second-order valence-corrected chi connectivity index (χ2v) is 1.05. The molecule has 0 aromatic rings. The van der Waals surface area contributed by atoms with Crippen LogP contribution < -0.4 is 0 Å². The van der Waals surface area contributed by atoms with Crippen LogP contribution in [0.15, 0.2) is 24.8 Å². The van der Waals surface area contributed by atoms with E-state index in [0.717, 1.165) is 5.57 Å². The maximum Gasteiger partial charge on any atom is -0.0404 e. The van der Waals surface area contributed by atoms with E-state index in [2.05, 4.69) is 13.2 Å². The van der Waals surface area contributed by atoms with Gasteiger partial charge in [-0.1, -0.05) is 94.0 Å². The minimum absolute atomic E-state index is 1.02. The van der Waals surface area contributed by atoms with Crippen LogP contribution in [-0.2, 0) is 0 Å². The molecule has 0 amide bonds. The Kier molecular flexibility index (Phi) is 423. The average Bonchev–Trinajstić information content (AvgIpc) is 2.41. The molecule has 0 aliphatic rings. The molecule has 0 aliphatic carbocycles. The van der Waals surface area contributed by atoms with Crippen molar-refractivity contribution in [1.82, 2.24) is 0 Å². The predicted molar refractivity (Wildman–Crippen MR) is 81.8 cm³/mol. The lowest BCUT2D eigenvalue weighted by Gasteiger charge is -1.71. The molecule has 0 heterocycles. The van der Waals surface area contributed by atoms with E-state index in [9.17, 15) is 0 Å². The Hall–Kier alpha value is -0.520. The van der Waals surface area contributed by atoms with Gasteiger partial charge in [0.15, 0.2) is 0 Å². The molecule has 0 aromatic heterocycles. The van der Waals surface area contributed by atoms with Gasteiger partial charge in [0.2, 0.25) is 0 Å². The van der Waals surface area contributed by atoms with Crippen LogP contribution in [0.1, 0.15) is 76.2 Å². The van der Waals surface area contributed by atoms with Gasteiger partial charge in [0.05, 0.1) is 0 Å². The molecule has 0 N–H and O–H groups in total. The van der Waals surface area contributed by atoms with Crippen molar-refractivity contribution >= 4 is 0 Å². The number of hydrogen-bond acceptors (Lipinski definition) is 0. The van der Waals surface area contributed by atoms with E-state index in [-0.39, 0.29) is 0 Å². The van der Waals surface area contributed by atoms with E-state index in [0.29, 0.717) is 0 Å². The molecule has 0 fully saturated rings. The smallest absolute Gasteiger partial charge is 0.0404 e. The normalized spacial score (nSPS) is 4.20. The van der Waals surface area contributed by atoms with Gasteiger partial charge in [-0.05, 0) is 6.92 Å². The summed E-state index contributed by atoms with van der Waals surface area (Å²) >= 11 is 0. The monoisotopic (exact) mass is 218 g/mol. The Morgan fingerprint density at radius 2 is 0.733 bits per heavy atom. The fourth-order valence-electron chi connectivity index (χ4n) is 0. The third kappa shape index (κ3) is 811. The Labute approximate surface area is 101 Å². The highest BCUT2D eigenvalue weighted by atomic mass is 13.7. The van der Waals surface area contributed by atoms with Gasteiger partial charge >= 0.3 is 0 Å². The molecule has 15 heavy (non-hydrogen) atoms. The predicted octanol–water partition coefficient (Wildman–Crippen LogP) is 6.88. The Bertz CT molecular complexity index is 51.1. The number of hydrogen-bond donors (Lipinski definition) is 0. The van der Waals surface area contributed by atoms with Crippen LogP contribution in [0.25, 0.3) is 0 Å². The molecule has 0 atom stereocenters. The molecule has 0 bridgehead atoms. The van der Waals surface area contributed by atoms with Gasteiger partial charge in [-0.3, -0.25) is 0 Å². The largest absolute Gasteiger partial charge is 0.0988 e. The summed E-state index contributed by atoms with van der Waals surface area (Å²) in [5.74, 6) is 0. The Balaban J connectivity index is -0.0000000177. The van der Waals surface area contributed by atoms with Crippen LogP contribution in [0.2, 0.25) is 0 Å². The maximum absolute atomic E-state index is 3.56. The van der Waals surface area contributed by atoms with Crippen molar-refractivity contribution in [2.24, 2.45) is 0 Å². The van der Waals surface area contributed by atoms with Gasteiger partial charge < -0.3 is 0 Å². The van der Waals surface area contributed by atoms with Crippen molar-refractivity contribution in [2.75, 3.05) is 0 Å². The fourth-order valence-corrected chi connectivity index (χ4v) is 0. The van der Waals surface area contributed by atoms with E-state index >= 15 is 0 Å². The van der Waals surface area contributed by atoms with Crippen LogP contribution in [-0.4, -0.2) is 0 Å². The maximum atomic E-state index is 3.56. The lowest BCUT2D eigenvalue weighted by molar-refractivity contribution is 1.50.